The third-order valence-electron chi connectivity index (χ3n) is 3.50. The third-order valence-corrected chi connectivity index (χ3v) is 4.08. The number of carboxylic acid groups (broad SMARTS) is 1. The normalized spacial score (nSPS) is 16.6. The molecule has 26 heavy (non-hydrogen) atoms. The smallest absolute Gasteiger partial charge is 0.304 e. The van der Waals surface area contributed by atoms with Crippen molar-refractivity contribution in [2.75, 3.05) is 33.0 Å². The summed E-state index contributed by atoms with van der Waals surface area (Å²) < 4.78 is 9.88. The van der Waals surface area contributed by atoms with Crippen LogP contribution in [0.4, 0.5) is 0 Å². The van der Waals surface area contributed by atoms with Crippen LogP contribution in [0.15, 0.2) is 0 Å². The van der Waals surface area contributed by atoms with Crippen molar-refractivity contribution in [2.24, 2.45) is 5.41 Å². The van der Waals surface area contributed by atoms with Gasteiger partial charge in [0.1, 0.15) is 0 Å². The molecule has 0 spiro atoms. The first kappa shape index (κ1) is 25.6. The molecule has 1 amide bonds. The Bertz CT molecular complexity index is 453. The van der Waals surface area contributed by atoms with Gasteiger partial charge in [-0.2, -0.15) is 25.3 Å². The SMILES string of the molecule is CCCOCC(C)(S)CC(=O)NCC(C)(C)COCC(C)(S)CC(=O)O. The van der Waals surface area contributed by atoms with Crippen LogP contribution in [0.5, 0.6) is 0 Å². The van der Waals surface area contributed by atoms with Crippen LogP contribution >= 0.6 is 25.3 Å². The molecule has 0 aliphatic carbocycles. The zero-order valence-corrected chi connectivity index (χ0v) is 18.4. The van der Waals surface area contributed by atoms with Crippen molar-refractivity contribution in [3.63, 3.8) is 0 Å². The topological polar surface area (TPSA) is 84.9 Å². The first-order valence-corrected chi connectivity index (χ1v) is 9.77. The van der Waals surface area contributed by atoms with Gasteiger partial charge in [-0.15, -0.1) is 0 Å². The van der Waals surface area contributed by atoms with E-state index in [-0.39, 0.29) is 30.8 Å². The van der Waals surface area contributed by atoms with Gasteiger partial charge in [0, 0.05) is 34.5 Å². The average Bonchev–Trinajstić information content (AvgIpc) is 2.43. The number of amides is 1. The van der Waals surface area contributed by atoms with Gasteiger partial charge in [0.05, 0.1) is 26.2 Å². The summed E-state index contributed by atoms with van der Waals surface area (Å²) >= 11 is 8.84. The number of carboxylic acids is 1. The maximum Gasteiger partial charge on any atom is 0.304 e. The maximum absolute atomic E-state index is 12.2. The van der Waals surface area contributed by atoms with Crippen LogP contribution in [0, 0.1) is 5.41 Å². The van der Waals surface area contributed by atoms with Crippen molar-refractivity contribution in [3.8, 4) is 0 Å². The van der Waals surface area contributed by atoms with E-state index < -0.39 is 15.5 Å². The molecule has 0 aromatic heterocycles. The number of rotatable bonds is 14. The van der Waals surface area contributed by atoms with Crippen LogP contribution in [0.3, 0.4) is 0 Å². The largest absolute Gasteiger partial charge is 0.481 e. The molecule has 0 radical (unpaired) electrons. The number of hydrogen-bond donors (Lipinski definition) is 4. The molecule has 0 saturated heterocycles. The molecule has 2 atom stereocenters. The van der Waals surface area contributed by atoms with Gasteiger partial charge >= 0.3 is 5.97 Å². The molecule has 0 aromatic rings. The van der Waals surface area contributed by atoms with Gasteiger partial charge in [0.2, 0.25) is 5.91 Å². The number of hydrogen-bond acceptors (Lipinski definition) is 6. The molecule has 2 N–H and O–H groups in total. The summed E-state index contributed by atoms with van der Waals surface area (Å²) in [4.78, 5) is 22.9. The van der Waals surface area contributed by atoms with Crippen LogP contribution < -0.4 is 5.32 Å². The molecule has 0 aromatic carbocycles. The Balaban J connectivity index is 4.22. The Morgan fingerprint density at radius 2 is 1.50 bits per heavy atom. The Morgan fingerprint density at radius 1 is 0.962 bits per heavy atom. The fourth-order valence-corrected chi connectivity index (χ4v) is 2.67. The summed E-state index contributed by atoms with van der Waals surface area (Å²) in [5.74, 6) is -0.990. The van der Waals surface area contributed by atoms with E-state index in [4.69, 9.17) is 14.6 Å². The number of thiol groups is 2. The number of nitrogens with one attached hydrogen (secondary N) is 1. The van der Waals surface area contributed by atoms with Crippen molar-refractivity contribution in [1.29, 1.82) is 0 Å². The molecule has 0 aliphatic rings. The highest BCUT2D eigenvalue weighted by atomic mass is 32.1. The van der Waals surface area contributed by atoms with Crippen LogP contribution in [0.1, 0.15) is 53.9 Å². The van der Waals surface area contributed by atoms with Gasteiger partial charge in [-0.1, -0.05) is 20.8 Å². The lowest BCUT2D eigenvalue weighted by molar-refractivity contribution is -0.138. The third kappa shape index (κ3) is 13.7. The highest BCUT2D eigenvalue weighted by Gasteiger charge is 2.27. The van der Waals surface area contributed by atoms with E-state index in [9.17, 15) is 9.59 Å². The molecule has 0 heterocycles. The molecule has 154 valence electrons. The number of aliphatic carboxylic acids is 1. The maximum atomic E-state index is 12.2. The lowest BCUT2D eigenvalue weighted by atomic mass is 9.94. The summed E-state index contributed by atoms with van der Waals surface area (Å²) in [6.07, 6.45) is 1.13. The molecular weight excluding hydrogens is 374 g/mol. The van der Waals surface area contributed by atoms with Crippen molar-refractivity contribution in [3.05, 3.63) is 0 Å². The van der Waals surface area contributed by atoms with E-state index in [0.717, 1.165) is 6.42 Å². The summed E-state index contributed by atoms with van der Waals surface area (Å²) in [6, 6.07) is 0. The molecule has 0 rings (SSSR count). The Kier molecular flexibility index (Phi) is 11.2. The van der Waals surface area contributed by atoms with E-state index in [1.54, 1.807) is 6.92 Å². The zero-order chi connectivity index (χ0) is 20.4. The first-order valence-electron chi connectivity index (χ1n) is 8.87. The molecule has 2 unspecified atom stereocenters. The van der Waals surface area contributed by atoms with Crippen LogP contribution in [-0.2, 0) is 19.1 Å². The summed E-state index contributed by atoms with van der Waals surface area (Å²) in [5, 5.41) is 11.8. The quantitative estimate of drug-likeness (QED) is 0.262. The van der Waals surface area contributed by atoms with Crippen molar-refractivity contribution < 1.29 is 24.2 Å². The van der Waals surface area contributed by atoms with E-state index >= 15 is 0 Å². The van der Waals surface area contributed by atoms with Crippen LogP contribution in [0.2, 0.25) is 0 Å². The van der Waals surface area contributed by atoms with Crippen LogP contribution in [0.25, 0.3) is 0 Å². The Morgan fingerprint density at radius 3 is 2.04 bits per heavy atom. The fraction of sp³-hybridized carbons (Fsp3) is 0.889. The van der Waals surface area contributed by atoms with Crippen molar-refractivity contribution in [2.45, 2.75) is 63.4 Å². The second-order valence-corrected chi connectivity index (χ2v) is 10.4. The van der Waals surface area contributed by atoms with Crippen LogP contribution in [-0.4, -0.2) is 59.4 Å². The minimum absolute atomic E-state index is 0.0755. The predicted molar refractivity (Wildman–Crippen MR) is 110 cm³/mol. The van der Waals surface area contributed by atoms with E-state index in [2.05, 4.69) is 30.6 Å². The number of carbonyl (C=O) groups excluding carboxylic acids is 1. The lowest BCUT2D eigenvalue weighted by Gasteiger charge is -2.29. The van der Waals surface area contributed by atoms with Gasteiger partial charge in [-0.25, -0.2) is 0 Å². The minimum atomic E-state index is -0.907. The molecule has 6 nitrogen and oxygen atoms in total. The zero-order valence-electron chi connectivity index (χ0n) is 16.6. The van der Waals surface area contributed by atoms with Gasteiger partial charge in [-0.3, -0.25) is 9.59 Å². The summed E-state index contributed by atoms with van der Waals surface area (Å²) in [7, 11) is 0. The highest BCUT2D eigenvalue weighted by molar-refractivity contribution is 7.82. The molecule has 0 aliphatic heterocycles. The fourth-order valence-electron chi connectivity index (χ4n) is 2.21. The monoisotopic (exact) mass is 409 g/mol. The van der Waals surface area contributed by atoms with Gasteiger partial charge < -0.3 is 19.9 Å². The molecule has 0 bridgehead atoms. The molecular formula is C18H35NO5S2. The van der Waals surface area contributed by atoms with Crippen molar-refractivity contribution >= 4 is 37.1 Å². The first-order chi connectivity index (χ1) is 11.8. The van der Waals surface area contributed by atoms with Gasteiger partial charge in [0.15, 0.2) is 0 Å². The van der Waals surface area contributed by atoms with Crippen molar-refractivity contribution in [1.82, 2.24) is 5.32 Å². The molecule has 0 saturated carbocycles. The van der Waals surface area contributed by atoms with E-state index in [0.29, 0.717) is 26.4 Å². The lowest BCUT2D eigenvalue weighted by Crippen LogP contribution is -2.41. The number of ether oxygens (including phenoxy) is 2. The van der Waals surface area contributed by atoms with Gasteiger partial charge in [-0.05, 0) is 20.3 Å². The van der Waals surface area contributed by atoms with Gasteiger partial charge in [0.25, 0.3) is 0 Å². The second kappa shape index (κ2) is 11.4. The molecule has 0 fully saturated rings. The Labute approximate surface area is 168 Å². The summed E-state index contributed by atoms with van der Waals surface area (Å²) in [6.45, 7) is 11.8. The average molecular weight is 410 g/mol. The number of carbonyl (C=O) groups is 2. The second-order valence-electron chi connectivity index (χ2n) is 8.23. The standard InChI is InChI=1S/C18H35NO5S2/c1-6-7-23-12-17(4,25)8-14(20)19-10-16(2,3)11-24-13-18(5,26)9-15(21)22/h25-26H,6-13H2,1-5H3,(H,19,20)(H,21,22). The molecule has 8 heteroatoms. The van der Waals surface area contributed by atoms with E-state index in [1.165, 1.54) is 0 Å². The minimum Gasteiger partial charge on any atom is -0.481 e. The predicted octanol–water partition coefficient (Wildman–Crippen LogP) is 2.81. The highest BCUT2D eigenvalue weighted by Crippen LogP contribution is 2.22. The van der Waals surface area contributed by atoms with E-state index in [1.807, 2.05) is 27.7 Å². The summed E-state index contributed by atoms with van der Waals surface area (Å²) in [5.41, 5.74) is -0.283. The Hall–Kier alpha value is -0.440.